The van der Waals surface area contributed by atoms with Crippen LogP contribution in [0.1, 0.15) is 10.4 Å². The number of hydrazine groups is 1. The second kappa shape index (κ2) is 7.35. The highest BCUT2D eigenvalue weighted by molar-refractivity contribution is 7.24. The summed E-state index contributed by atoms with van der Waals surface area (Å²) in [6, 6.07) is 11.5. The summed E-state index contributed by atoms with van der Waals surface area (Å²) in [6.07, 6.45) is 0. The van der Waals surface area contributed by atoms with Gasteiger partial charge in [0.15, 0.2) is 5.65 Å². The van der Waals surface area contributed by atoms with Crippen LogP contribution in [0.3, 0.4) is 0 Å². The van der Waals surface area contributed by atoms with E-state index in [9.17, 15) is 9.59 Å². The molecule has 1 N–H and O–H groups in total. The standard InChI is InChI=1S/C21H21N5O3S/c1-24(2)23-20(28)17-18(27)13-7-8-16(25-9-11-29-12-10-25)22-19(13)26-14-5-3-4-6-15(14)30-21(17)26/h3-8H,9-12H2,1-2H3,(H,23,28). The van der Waals surface area contributed by atoms with E-state index >= 15 is 0 Å². The summed E-state index contributed by atoms with van der Waals surface area (Å²) in [7, 11) is 3.43. The number of pyridine rings is 2. The lowest BCUT2D eigenvalue weighted by atomic mass is 10.1. The van der Waals surface area contributed by atoms with Crippen molar-refractivity contribution in [3.05, 3.63) is 52.2 Å². The number of aromatic nitrogens is 2. The Balaban J connectivity index is 1.85. The minimum absolute atomic E-state index is 0.137. The molecule has 154 valence electrons. The Morgan fingerprint density at radius 3 is 2.70 bits per heavy atom. The molecule has 0 bridgehead atoms. The van der Waals surface area contributed by atoms with Crippen LogP contribution in [0, 0.1) is 0 Å². The number of rotatable bonds is 3. The van der Waals surface area contributed by atoms with Crippen LogP contribution in [0.15, 0.2) is 41.2 Å². The third kappa shape index (κ3) is 3.02. The van der Waals surface area contributed by atoms with Gasteiger partial charge in [-0.05, 0) is 24.3 Å². The summed E-state index contributed by atoms with van der Waals surface area (Å²) < 4.78 is 8.37. The van der Waals surface area contributed by atoms with Gasteiger partial charge in [-0.15, -0.1) is 11.3 Å². The van der Waals surface area contributed by atoms with Gasteiger partial charge in [0.25, 0.3) is 5.91 Å². The molecule has 4 heterocycles. The first-order chi connectivity index (χ1) is 14.5. The largest absolute Gasteiger partial charge is 0.378 e. The van der Waals surface area contributed by atoms with Crippen molar-refractivity contribution in [1.29, 1.82) is 0 Å². The van der Waals surface area contributed by atoms with Crippen LogP contribution >= 0.6 is 11.3 Å². The monoisotopic (exact) mass is 423 g/mol. The van der Waals surface area contributed by atoms with E-state index in [1.807, 2.05) is 34.7 Å². The number of ether oxygens (including phenoxy) is 1. The summed E-state index contributed by atoms with van der Waals surface area (Å²) in [6.45, 7) is 2.81. The third-order valence-electron chi connectivity index (χ3n) is 5.16. The summed E-state index contributed by atoms with van der Waals surface area (Å²) in [5.74, 6) is 0.382. The molecule has 1 saturated heterocycles. The van der Waals surface area contributed by atoms with Gasteiger partial charge in [0, 0.05) is 27.2 Å². The van der Waals surface area contributed by atoms with Gasteiger partial charge < -0.3 is 9.64 Å². The number of anilines is 1. The summed E-state index contributed by atoms with van der Waals surface area (Å²) in [5, 5.41) is 1.97. The molecular weight excluding hydrogens is 402 g/mol. The number of nitrogens with zero attached hydrogens (tertiary/aromatic N) is 4. The topological polar surface area (TPSA) is 79.2 Å². The number of nitrogens with one attached hydrogen (secondary N) is 1. The first kappa shape index (κ1) is 19.0. The Morgan fingerprint density at radius 2 is 1.93 bits per heavy atom. The molecule has 1 aliphatic rings. The average molecular weight is 423 g/mol. The molecule has 0 radical (unpaired) electrons. The lowest BCUT2D eigenvalue weighted by Crippen LogP contribution is -2.39. The predicted octanol–water partition coefficient (Wildman–Crippen LogP) is 2.11. The van der Waals surface area contributed by atoms with Crippen LogP contribution in [0.5, 0.6) is 0 Å². The lowest BCUT2D eigenvalue weighted by Gasteiger charge is -2.28. The van der Waals surface area contributed by atoms with Crippen LogP contribution in [-0.2, 0) is 4.74 Å². The molecule has 5 rings (SSSR count). The van der Waals surface area contributed by atoms with Crippen LogP contribution in [0.25, 0.3) is 26.1 Å². The number of hydrogen-bond acceptors (Lipinski definition) is 7. The fourth-order valence-electron chi connectivity index (χ4n) is 3.81. The van der Waals surface area contributed by atoms with Crippen LogP contribution < -0.4 is 15.8 Å². The molecular formula is C21H21N5O3S. The quantitative estimate of drug-likeness (QED) is 0.509. The number of para-hydroxylation sites is 1. The second-order valence-corrected chi connectivity index (χ2v) is 8.42. The number of hydrogen-bond donors (Lipinski definition) is 1. The van der Waals surface area contributed by atoms with Gasteiger partial charge in [-0.1, -0.05) is 12.1 Å². The molecule has 8 nitrogen and oxygen atoms in total. The van der Waals surface area contributed by atoms with E-state index in [-0.39, 0.29) is 11.0 Å². The Hall–Kier alpha value is -3.01. The molecule has 1 aromatic carbocycles. The Morgan fingerprint density at radius 1 is 1.17 bits per heavy atom. The van der Waals surface area contributed by atoms with E-state index in [1.54, 1.807) is 20.2 Å². The van der Waals surface area contributed by atoms with Crippen molar-refractivity contribution in [2.75, 3.05) is 45.3 Å². The van der Waals surface area contributed by atoms with Crippen LogP contribution in [0.4, 0.5) is 5.82 Å². The van der Waals surface area contributed by atoms with Crippen molar-refractivity contribution >= 4 is 49.1 Å². The highest BCUT2D eigenvalue weighted by atomic mass is 32.1. The second-order valence-electron chi connectivity index (χ2n) is 7.39. The maximum atomic E-state index is 13.4. The molecule has 0 saturated carbocycles. The molecule has 1 amide bonds. The molecule has 3 aromatic heterocycles. The SMILES string of the molecule is CN(C)NC(=O)c1c(=O)c2ccc(N3CCOCC3)nc2n2c1sc1ccccc12. The smallest absolute Gasteiger partial charge is 0.272 e. The highest BCUT2D eigenvalue weighted by Gasteiger charge is 2.24. The van der Waals surface area contributed by atoms with E-state index in [4.69, 9.17) is 9.72 Å². The molecule has 30 heavy (non-hydrogen) atoms. The predicted molar refractivity (Wildman–Crippen MR) is 119 cm³/mol. The van der Waals surface area contributed by atoms with Crippen molar-refractivity contribution in [2.24, 2.45) is 0 Å². The molecule has 1 fully saturated rings. The van der Waals surface area contributed by atoms with E-state index in [2.05, 4.69) is 10.3 Å². The Labute approximate surface area is 176 Å². The highest BCUT2D eigenvalue weighted by Crippen LogP contribution is 2.31. The Kier molecular flexibility index (Phi) is 4.65. The van der Waals surface area contributed by atoms with Crippen molar-refractivity contribution in [2.45, 2.75) is 0 Å². The number of carbonyl (C=O) groups is 1. The summed E-state index contributed by atoms with van der Waals surface area (Å²) >= 11 is 1.42. The minimum Gasteiger partial charge on any atom is -0.378 e. The Bertz CT molecular complexity index is 1340. The lowest BCUT2D eigenvalue weighted by molar-refractivity contribution is 0.0857. The zero-order chi connectivity index (χ0) is 20.8. The van der Waals surface area contributed by atoms with E-state index < -0.39 is 5.91 Å². The normalized spacial score (nSPS) is 14.8. The van der Waals surface area contributed by atoms with Gasteiger partial charge in [-0.25, -0.2) is 9.99 Å². The summed E-state index contributed by atoms with van der Waals surface area (Å²) in [5.41, 5.74) is 4.03. The number of benzene rings is 1. The molecule has 0 unspecified atom stereocenters. The first-order valence-corrected chi connectivity index (χ1v) is 10.5. The number of morpholine rings is 1. The van der Waals surface area contributed by atoms with E-state index in [0.29, 0.717) is 29.1 Å². The molecule has 4 aromatic rings. The molecule has 0 atom stereocenters. The van der Waals surface area contributed by atoms with E-state index in [1.165, 1.54) is 16.3 Å². The van der Waals surface area contributed by atoms with Crippen molar-refractivity contribution in [3.63, 3.8) is 0 Å². The first-order valence-electron chi connectivity index (χ1n) is 9.72. The third-order valence-corrected chi connectivity index (χ3v) is 6.31. The average Bonchev–Trinajstić information content (AvgIpc) is 3.13. The van der Waals surface area contributed by atoms with Crippen molar-refractivity contribution in [1.82, 2.24) is 19.8 Å². The maximum Gasteiger partial charge on any atom is 0.272 e. The van der Waals surface area contributed by atoms with Gasteiger partial charge in [-0.3, -0.25) is 19.4 Å². The van der Waals surface area contributed by atoms with Crippen LogP contribution in [0.2, 0.25) is 0 Å². The fourth-order valence-corrected chi connectivity index (χ4v) is 4.99. The van der Waals surface area contributed by atoms with Gasteiger partial charge in [0.1, 0.15) is 16.2 Å². The minimum atomic E-state index is -0.423. The van der Waals surface area contributed by atoms with E-state index in [0.717, 1.165) is 29.1 Å². The van der Waals surface area contributed by atoms with Gasteiger partial charge in [0.2, 0.25) is 5.43 Å². The zero-order valence-corrected chi connectivity index (χ0v) is 17.5. The maximum absolute atomic E-state index is 13.4. The molecule has 9 heteroatoms. The summed E-state index contributed by atoms with van der Waals surface area (Å²) in [4.78, 5) is 33.9. The number of carbonyl (C=O) groups excluding carboxylic acids is 1. The van der Waals surface area contributed by atoms with Crippen molar-refractivity contribution < 1.29 is 9.53 Å². The zero-order valence-electron chi connectivity index (χ0n) is 16.7. The molecule has 0 aliphatic carbocycles. The van der Waals surface area contributed by atoms with Gasteiger partial charge in [-0.2, -0.15) is 0 Å². The number of fused-ring (bicyclic) bond motifs is 5. The molecule has 1 aliphatic heterocycles. The molecule has 0 spiro atoms. The number of amides is 1. The van der Waals surface area contributed by atoms with Crippen molar-refractivity contribution in [3.8, 4) is 0 Å². The van der Waals surface area contributed by atoms with Crippen LogP contribution in [-0.4, -0.2) is 60.7 Å². The number of thiazole rings is 1. The van der Waals surface area contributed by atoms with Gasteiger partial charge >= 0.3 is 0 Å². The van der Waals surface area contributed by atoms with Gasteiger partial charge in [0.05, 0.1) is 28.8 Å². The fraction of sp³-hybridized carbons (Fsp3) is 0.286.